The SMILES string of the molecule is Cc1cccc(-c2oc3c(C(=O)OCCN4CCCCC4)cccc3c(=O)c2C)c1. The Balaban J connectivity index is 1.65. The molecule has 0 N–H and O–H groups in total. The van der Waals surface area contributed by atoms with E-state index in [2.05, 4.69) is 4.90 Å². The summed E-state index contributed by atoms with van der Waals surface area (Å²) in [7, 11) is 0. The second kappa shape index (κ2) is 8.84. The second-order valence-electron chi connectivity index (χ2n) is 7.98. The average molecular weight is 405 g/mol. The van der Waals surface area contributed by atoms with Crippen LogP contribution < -0.4 is 5.43 Å². The van der Waals surface area contributed by atoms with Crippen molar-refractivity contribution in [3.05, 3.63) is 69.4 Å². The van der Waals surface area contributed by atoms with Gasteiger partial charge >= 0.3 is 5.97 Å². The largest absolute Gasteiger partial charge is 0.461 e. The zero-order chi connectivity index (χ0) is 21.1. The fraction of sp³-hybridized carbons (Fsp3) is 0.360. The Labute approximate surface area is 176 Å². The van der Waals surface area contributed by atoms with Crippen LogP contribution in [0.15, 0.2) is 51.7 Å². The van der Waals surface area contributed by atoms with E-state index in [1.165, 1.54) is 19.3 Å². The highest BCUT2D eigenvalue weighted by Crippen LogP contribution is 2.28. The Morgan fingerprint density at radius 1 is 1.07 bits per heavy atom. The smallest absolute Gasteiger partial charge is 0.342 e. The molecular weight excluding hydrogens is 378 g/mol. The number of benzene rings is 2. The van der Waals surface area contributed by atoms with Gasteiger partial charge in [-0.05, 0) is 58.0 Å². The lowest BCUT2D eigenvalue weighted by Gasteiger charge is -2.25. The van der Waals surface area contributed by atoms with E-state index in [4.69, 9.17) is 9.15 Å². The molecule has 30 heavy (non-hydrogen) atoms. The van der Waals surface area contributed by atoms with Gasteiger partial charge in [0.05, 0.1) is 5.39 Å². The first-order valence-electron chi connectivity index (χ1n) is 10.6. The van der Waals surface area contributed by atoms with E-state index in [0.29, 0.717) is 23.3 Å². The van der Waals surface area contributed by atoms with Crippen LogP contribution >= 0.6 is 0 Å². The molecule has 1 aliphatic rings. The average Bonchev–Trinajstić information content (AvgIpc) is 2.76. The minimum Gasteiger partial charge on any atom is -0.461 e. The molecule has 1 fully saturated rings. The minimum absolute atomic E-state index is 0.129. The van der Waals surface area contributed by atoms with Crippen molar-refractivity contribution in [1.29, 1.82) is 0 Å². The molecule has 1 aliphatic heterocycles. The van der Waals surface area contributed by atoms with Crippen LogP contribution in [0.1, 0.15) is 40.7 Å². The highest BCUT2D eigenvalue weighted by molar-refractivity contribution is 6.02. The summed E-state index contributed by atoms with van der Waals surface area (Å²) in [5.41, 5.74) is 2.86. The monoisotopic (exact) mass is 405 g/mol. The lowest BCUT2D eigenvalue weighted by Crippen LogP contribution is -2.33. The van der Waals surface area contributed by atoms with Gasteiger partial charge in [0.1, 0.15) is 17.9 Å². The van der Waals surface area contributed by atoms with Gasteiger partial charge in [-0.1, -0.05) is 36.2 Å². The molecule has 5 nitrogen and oxygen atoms in total. The fourth-order valence-corrected chi connectivity index (χ4v) is 4.06. The molecule has 0 amide bonds. The van der Waals surface area contributed by atoms with E-state index >= 15 is 0 Å². The number of para-hydroxylation sites is 1. The normalized spacial score (nSPS) is 14.7. The zero-order valence-electron chi connectivity index (χ0n) is 17.6. The number of fused-ring (bicyclic) bond motifs is 1. The van der Waals surface area contributed by atoms with Crippen molar-refractivity contribution in [2.75, 3.05) is 26.2 Å². The van der Waals surface area contributed by atoms with E-state index in [1.807, 2.05) is 31.2 Å². The van der Waals surface area contributed by atoms with Crippen LogP contribution in [0.4, 0.5) is 0 Å². The summed E-state index contributed by atoms with van der Waals surface area (Å²) >= 11 is 0. The van der Waals surface area contributed by atoms with Gasteiger partial charge in [0.15, 0.2) is 11.0 Å². The Kier molecular flexibility index (Phi) is 6.00. The van der Waals surface area contributed by atoms with Gasteiger partial charge in [0.25, 0.3) is 0 Å². The summed E-state index contributed by atoms with van der Waals surface area (Å²) in [6.45, 7) is 6.92. The number of piperidine rings is 1. The first-order chi connectivity index (χ1) is 14.5. The van der Waals surface area contributed by atoms with Gasteiger partial charge < -0.3 is 9.15 Å². The lowest BCUT2D eigenvalue weighted by atomic mass is 10.0. The first kappa shape index (κ1) is 20.4. The number of likely N-dealkylation sites (tertiary alicyclic amines) is 1. The van der Waals surface area contributed by atoms with Crippen molar-refractivity contribution >= 4 is 16.9 Å². The van der Waals surface area contributed by atoms with Crippen LogP contribution in [-0.4, -0.2) is 37.1 Å². The molecule has 0 spiro atoms. The third kappa shape index (κ3) is 4.17. The molecule has 0 bridgehead atoms. The van der Waals surface area contributed by atoms with Crippen LogP contribution in [0, 0.1) is 13.8 Å². The van der Waals surface area contributed by atoms with E-state index in [1.54, 1.807) is 25.1 Å². The maximum Gasteiger partial charge on any atom is 0.342 e. The fourth-order valence-electron chi connectivity index (χ4n) is 4.06. The maximum atomic E-state index is 13.0. The Hall–Kier alpha value is -2.92. The van der Waals surface area contributed by atoms with Crippen LogP contribution in [0.2, 0.25) is 0 Å². The van der Waals surface area contributed by atoms with Gasteiger partial charge in [-0.2, -0.15) is 0 Å². The molecular formula is C25H27NO4. The van der Waals surface area contributed by atoms with Gasteiger partial charge in [0.2, 0.25) is 0 Å². The van der Waals surface area contributed by atoms with Gasteiger partial charge in [-0.15, -0.1) is 0 Å². The van der Waals surface area contributed by atoms with Crippen molar-refractivity contribution in [3.8, 4) is 11.3 Å². The third-order valence-corrected chi connectivity index (χ3v) is 5.73. The van der Waals surface area contributed by atoms with Crippen LogP contribution in [0.25, 0.3) is 22.3 Å². The Morgan fingerprint density at radius 2 is 1.83 bits per heavy atom. The number of carbonyl (C=O) groups excluding carboxylic acids is 1. The molecule has 1 saturated heterocycles. The van der Waals surface area contributed by atoms with Crippen molar-refractivity contribution in [3.63, 3.8) is 0 Å². The van der Waals surface area contributed by atoms with Gasteiger partial charge in [-0.25, -0.2) is 4.79 Å². The number of hydrogen-bond acceptors (Lipinski definition) is 5. The van der Waals surface area contributed by atoms with Crippen molar-refractivity contribution < 1.29 is 13.9 Å². The van der Waals surface area contributed by atoms with E-state index < -0.39 is 5.97 Å². The molecule has 2 heterocycles. The number of ether oxygens (including phenoxy) is 1. The highest BCUT2D eigenvalue weighted by atomic mass is 16.5. The topological polar surface area (TPSA) is 59.8 Å². The van der Waals surface area contributed by atoms with Crippen molar-refractivity contribution in [2.45, 2.75) is 33.1 Å². The molecule has 0 radical (unpaired) electrons. The third-order valence-electron chi connectivity index (χ3n) is 5.73. The van der Waals surface area contributed by atoms with Crippen LogP contribution in [-0.2, 0) is 4.74 Å². The molecule has 1 aromatic heterocycles. The highest BCUT2D eigenvalue weighted by Gasteiger charge is 2.20. The molecule has 0 aliphatic carbocycles. The molecule has 2 aromatic carbocycles. The van der Waals surface area contributed by atoms with E-state index in [9.17, 15) is 9.59 Å². The number of nitrogens with zero attached hydrogens (tertiary/aromatic N) is 1. The summed E-state index contributed by atoms with van der Waals surface area (Å²) in [5, 5.41) is 0.398. The number of aryl methyl sites for hydroxylation is 1. The quantitative estimate of drug-likeness (QED) is 0.575. The van der Waals surface area contributed by atoms with Gasteiger partial charge in [-0.3, -0.25) is 9.69 Å². The summed E-state index contributed by atoms with van der Waals surface area (Å²) in [6, 6.07) is 12.8. The molecule has 156 valence electrons. The number of rotatable bonds is 5. The van der Waals surface area contributed by atoms with E-state index in [-0.39, 0.29) is 16.6 Å². The van der Waals surface area contributed by atoms with E-state index in [0.717, 1.165) is 30.8 Å². The predicted octanol–water partition coefficient (Wildman–Crippen LogP) is 4.72. The second-order valence-corrected chi connectivity index (χ2v) is 7.98. The molecule has 0 unspecified atom stereocenters. The summed E-state index contributed by atoms with van der Waals surface area (Å²) in [4.78, 5) is 28.1. The predicted molar refractivity (Wildman–Crippen MR) is 118 cm³/mol. The van der Waals surface area contributed by atoms with Crippen LogP contribution in [0.3, 0.4) is 0 Å². The molecule has 0 saturated carbocycles. The van der Waals surface area contributed by atoms with Gasteiger partial charge in [0, 0.05) is 17.7 Å². The molecule has 0 atom stereocenters. The van der Waals surface area contributed by atoms with Crippen molar-refractivity contribution in [1.82, 2.24) is 4.90 Å². The molecule has 5 heteroatoms. The Morgan fingerprint density at radius 3 is 2.60 bits per heavy atom. The molecule has 3 aromatic rings. The zero-order valence-corrected chi connectivity index (χ0v) is 17.6. The number of carbonyl (C=O) groups is 1. The lowest BCUT2D eigenvalue weighted by molar-refractivity contribution is 0.0453. The number of hydrogen-bond donors (Lipinski definition) is 0. The molecule has 4 rings (SSSR count). The summed E-state index contributed by atoms with van der Waals surface area (Å²) in [5.74, 6) is 0.0320. The minimum atomic E-state index is -0.459. The number of esters is 1. The van der Waals surface area contributed by atoms with Crippen LogP contribution in [0.5, 0.6) is 0 Å². The summed E-state index contributed by atoms with van der Waals surface area (Å²) in [6.07, 6.45) is 3.67. The Bertz CT molecular complexity index is 1130. The maximum absolute atomic E-state index is 13.0. The summed E-state index contributed by atoms with van der Waals surface area (Å²) < 4.78 is 11.7. The first-order valence-corrected chi connectivity index (χ1v) is 10.6. The van der Waals surface area contributed by atoms with Crippen molar-refractivity contribution in [2.24, 2.45) is 0 Å². The standard InChI is InChI=1S/C25H27NO4/c1-17-8-6-9-19(16-17)23-18(2)22(27)20-10-7-11-21(24(20)30-23)25(28)29-15-14-26-12-4-3-5-13-26/h6-11,16H,3-5,12-15H2,1-2H3.